The normalized spacial score (nSPS) is 28.7. The molecule has 0 saturated carbocycles. The molecule has 0 aromatic carbocycles. The smallest absolute Gasteiger partial charge is 0.313 e. The highest BCUT2D eigenvalue weighted by Crippen LogP contribution is 2.40. The second kappa shape index (κ2) is 5.10. The van der Waals surface area contributed by atoms with E-state index in [1.54, 1.807) is 0 Å². The van der Waals surface area contributed by atoms with Gasteiger partial charge >= 0.3 is 11.1 Å². The van der Waals surface area contributed by atoms with Crippen molar-refractivity contribution in [2.45, 2.75) is 31.7 Å². The van der Waals surface area contributed by atoms with Crippen LogP contribution in [0.25, 0.3) is 0 Å². The first-order valence-corrected chi connectivity index (χ1v) is 7.22. The van der Waals surface area contributed by atoms with Crippen molar-refractivity contribution >= 4 is 0 Å². The Balaban J connectivity index is 2.08. The largest absolute Gasteiger partial charge is 0.319 e. The van der Waals surface area contributed by atoms with Gasteiger partial charge in [0, 0.05) is 34.7 Å². The number of hydrogen-bond donors (Lipinski definition) is 2. The van der Waals surface area contributed by atoms with E-state index >= 15 is 0 Å². The van der Waals surface area contributed by atoms with Crippen LogP contribution in [-0.4, -0.2) is 45.5 Å². The number of fused-ring (bicyclic) bond motifs is 3. The van der Waals surface area contributed by atoms with Gasteiger partial charge in [-0.25, -0.2) is 0 Å². The van der Waals surface area contributed by atoms with E-state index in [9.17, 15) is 19.7 Å². The second-order valence-electron chi connectivity index (χ2n) is 5.81. The summed E-state index contributed by atoms with van der Waals surface area (Å²) >= 11 is 0. The molecule has 8 heteroatoms. The molecule has 1 aromatic heterocycles. The van der Waals surface area contributed by atoms with Gasteiger partial charge in [-0.15, -0.1) is 0 Å². The molecule has 114 valence electrons. The fourth-order valence-electron chi connectivity index (χ4n) is 3.68. The Morgan fingerprint density at radius 1 is 1.33 bits per heavy atom. The minimum absolute atomic E-state index is 0.0862. The Labute approximate surface area is 120 Å². The van der Waals surface area contributed by atoms with Crippen molar-refractivity contribution in [1.29, 1.82) is 0 Å². The zero-order valence-electron chi connectivity index (χ0n) is 11.8. The van der Waals surface area contributed by atoms with Crippen LogP contribution in [0.3, 0.4) is 0 Å². The second-order valence-corrected chi connectivity index (χ2v) is 5.81. The van der Waals surface area contributed by atoms with Gasteiger partial charge in [-0.05, 0) is 19.5 Å². The molecule has 2 aliphatic rings. The standard InChI is InChI=1S/C13H18N4O4/c1-2-16-4-3-7-8(6-16)11-9(5-10(7)17(20)21)14-12(18)13(19)15-11/h7-8,10H,2-6H2,1H3,(H,14,18)(H,15,19). The Kier molecular flexibility index (Phi) is 3.40. The van der Waals surface area contributed by atoms with Crippen LogP contribution in [0.2, 0.25) is 0 Å². The summed E-state index contributed by atoms with van der Waals surface area (Å²) in [6.07, 6.45) is 0.923. The number of H-pyrrole nitrogens is 2. The molecule has 3 rings (SSSR count). The van der Waals surface area contributed by atoms with Gasteiger partial charge in [-0.3, -0.25) is 19.7 Å². The van der Waals surface area contributed by atoms with Crippen LogP contribution in [0.15, 0.2) is 9.59 Å². The maximum absolute atomic E-state index is 11.6. The van der Waals surface area contributed by atoms with E-state index < -0.39 is 17.2 Å². The van der Waals surface area contributed by atoms with Gasteiger partial charge in [0.1, 0.15) is 0 Å². The average Bonchev–Trinajstić information content (AvgIpc) is 2.47. The fourth-order valence-corrected chi connectivity index (χ4v) is 3.68. The van der Waals surface area contributed by atoms with Gasteiger partial charge in [-0.1, -0.05) is 6.92 Å². The number of nitrogens with zero attached hydrogens (tertiary/aromatic N) is 2. The first kappa shape index (κ1) is 14.0. The molecule has 1 fully saturated rings. The first-order chi connectivity index (χ1) is 10.0. The SMILES string of the molecule is CCN1CCC2C(C1)c1[nH]c(=O)c(=O)[nH]c1CC2[N+](=O)[O-]. The molecular formula is C13H18N4O4. The number of likely N-dealkylation sites (N-methyl/N-ethyl adjacent to an activating group) is 1. The number of likely N-dealkylation sites (tertiary alicyclic amines) is 1. The lowest BCUT2D eigenvalue weighted by molar-refractivity contribution is -0.535. The Hall–Kier alpha value is -1.96. The van der Waals surface area contributed by atoms with Crippen LogP contribution in [0, 0.1) is 16.0 Å². The van der Waals surface area contributed by atoms with Gasteiger partial charge in [-0.2, -0.15) is 0 Å². The first-order valence-electron chi connectivity index (χ1n) is 7.22. The molecule has 1 aliphatic heterocycles. The van der Waals surface area contributed by atoms with E-state index in [2.05, 4.69) is 14.9 Å². The predicted molar refractivity (Wildman–Crippen MR) is 75.1 cm³/mol. The summed E-state index contributed by atoms with van der Waals surface area (Å²) < 4.78 is 0. The van der Waals surface area contributed by atoms with E-state index in [1.807, 2.05) is 6.92 Å². The molecule has 0 amide bonds. The molecule has 3 atom stereocenters. The topological polar surface area (TPSA) is 112 Å². The van der Waals surface area contributed by atoms with Crippen molar-refractivity contribution in [1.82, 2.24) is 14.9 Å². The van der Waals surface area contributed by atoms with Crippen molar-refractivity contribution in [3.8, 4) is 0 Å². The number of aromatic nitrogens is 2. The van der Waals surface area contributed by atoms with E-state index in [1.165, 1.54) is 0 Å². The number of piperidine rings is 1. The zero-order chi connectivity index (χ0) is 15.1. The van der Waals surface area contributed by atoms with Crippen LogP contribution in [0.1, 0.15) is 30.7 Å². The molecule has 3 unspecified atom stereocenters. The van der Waals surface area contributed by atoms with Crippen LogP contribution >= 0.6 is 0 Å². The van der Waals surface area contributed by atoms with Gasteiger partial charge in [0.25, 0.3) is 0 Å². The minimum atomic E-state index is -0.738. The third-order valence-corrected chi connectivity index (χ3v) is 4.79. The predicted octanol–water partition coefficient (Wildman–Crippen LogP) is -0.310. The van der Waals surface area contributed by atoms with Crippen LogP contribution in [0.5, 0.6) is 0 Å². The van der Waals surface area contributed by atoms with E-state index in [-0.39, 0.29) is 23.2 Å². The molecule has 1 saturated heterocycles. The summed E-state index contributed by atoms with van der Waals surface area (Å²) in [5, 5.41) is 11.3. The van der Waals surface area contributed by atoms with Crippen molar-refractivity contribution in [2.24, 2.45) is 5.92 Å². The quantitative estimate of drug-likeness (QED) is 0.441. The highest BCUT2D eigenvalue weighted by molar-refractivity contribution is 5.24. The monoisotopic (exact) mass is 294 g/mol. The van der Waals surface area contributed by atoms with Crippen LogP contribution in [-0.2, 0) is 6.42 Å². The fraction of sp³-hybridized carbons (Fsp3) is 0.692. The number of nitro groups is 1. The summed E-state index contributed by atoms with van der Waals surface area (Å²) in [5.41, 5.74) is -0.223. The number of nitrogens with one attached hydrogen (secondary N) is 2. The van der Waals surface area contributed by atoms with E-state index in [0.717, 1.165) is 19.5 Å². The summed E-state index contributed by atoms with van der Waals surface area (Å²) in [6.45, 7) is 4.44. The summed E-state index contributed by atoms with van der Waals surface area (Å²) in [6, 6.07) is -0.692. The third kappa shape index (κ3) is 2.29. The van der Waals surface area contributed by atoms with Gasteiger partial charge in [0.15, 0.2) is 0 Å². The molecular weight excluding hydrogens is 276 g/mol. The van der Waals surface area contributed by atoms with Crippen molar-refractivity contribution < 1.29 is 4.92 Å². The van der Waals surface area contributed by atoms with Gasteiger partial charge < -0.3 is 14.9 Å². The maximum atomic E-state index is 11.6. The van der Waals surface area contributed by atoms with E-state index in [0.29, 0.717) is 17.9 Å². The lowest BCUT2D eigenvalue weighted by Gasteiger charge is -2.41. The molecule has 1 aliphatic carbocycles. The molecule has 1 aromatic rings. The number of rotatable bonds is 2. The van der Waals surface area contributed by atoms with Crippen molar-refractivity contribution in [3.05, 3.63) is 42.2 Å². The minimum Gasteiger partial charge on any atom is -0.319 e. The Morgan fingerprint density at radius 2 is 2.05 bits per heavy atom. The summed E-state index contributed by atoms with van der Waals surface area (Å²) in [7, 11) is 0. The molecule has 2 N–H and O–H groups in total. The molecule has 0 bridgehead atoms. The molecule has 0 radical (unpaired) electrons. The maximum Gasteiger partial charge on any atom is 0.313 e. The van der Waals surface area contributed by atoms with Crippen molar-refractivity contribution in [3.63, 3.8) is 0 Å². The van der Waals surface area contributed by atoms with Gasteiger partial charge in [0.05, 0.1) is 6.42 Å². The molecule has 0 spiro atoms. The Morgan fingerprint density at radius 3 is 2.71 bits per heavy atom. The summed E-state index contributed by atoms with van der Waals surface area (Å²) in [5.74, 6) is -0.181. The Bertz CT molecular complexity index is 679. The highest BCUT2D eigenvalue weighted by atomic mass is 16.6. The number of aromatic amines is 2. The molecule has 21 heavy (non-hydrogen) atoms. The summed E-state index contributed by atoms with van der Waals surface area (Å²) in [4.78, 5) is 41.6. The third-order valence-electron chi connectivity index (χ3n) is 4.79. The molecule has 8 nitrogen and oxygen atoms in total. The van der Waals surface area contributed by atoms with Crippen LogP contribution in [0.4, 0.5) is 0 Å². The van der Waals surface area contributed by atoms with E-state index in [4.69, 9.17) is 0 Å². The highest BCUT2D eigenvalue weighted by Gasteiger charge is 2.46. The lowest BCUT2D eigenvalue weighted by Crippen LogP contribution is -2.51. The average molecular weight is 294 g/mol. The van der Waals surface area contributed by atoms with Crippen molar-refractivity contribution in [2.75, 3.05) is 19.6 Å². The zero-order valence-corrected chi connectivity index (χ0v) is 11.8. The van der Waals surface area contributed by atoms with Gasteiger partial charge in [0.2, 0.25) is 6.04 Å². The molecule has 2 heterocycles. The lowest BCUT2D eigenvalue weighted by atomic mass is 9.72. The number of hydrogen-bond acceptors (Lipinski definition) is 5. The van der Waals surface area contributed by atoms with Crippen LogP contribution < -0.4 is 11.1 Å².